The fraction of sp³-hybridized carbons (Fsp3) is 0.435. The van der Waals surface area contributed by atoms with Crippen molar-refractivity contribution in [3.63, 3.8) is 0 Å². The third-order valence-corrected chi connectivity index (χ3v) is 6.65. The van der Waals surface area contributed by atoms with E-state index in [1.165, 1.54) is 4.90 Å². The molecule has 0 bridgehead atoms. The van der Waals surface area contributed by atoms with Crippen LogP contribution in [-0.2, 0) is 22.7 Å². The molecule has 3 aliphatic rings. The Morgan fingerprint density at radius 3 is 2.42 bits per heavy atom. The Morgan fingerprint density at radius 2 is 1.74 bits per heavy atom. The smallest absolute Gasteiger partial charge is 0.252 e. The zero-order chi connectivity index (χ0) is 21.6. The topological polar surface area (TPSA) is 86.2 Å². The molecule has 8 nitrogen and oxygen atoms in total. The van der Waals surface area contributed by atoms with E-state index in [9.17, 15) is 14.7 Å². The minimum absolute atomic E-state index is 0.162. The highest BCUT2D eigenvalue weighted by atomic mass is 16.5. The molecule has 31 heavy (non-hydrogen) atoms. The molecule has 3 aliphatic heterocycles. The highest BCUT2D eigenvalue weighted by Gasteiger charge is 2.64. The molecule has 8 heteroatoms. The van der Waals surface area contributed by atoms with Gasteiger partial charge < -0.3 is 9.84 Å². The number of methoxy groups -OCH3 is 1. The lowest BCUT2D eigenvalue weighted by Crippen LogP contribution is -2.81. The number of hydrogen-bond acceptors (Lipinski definition) is 7. The first-order chi connectivity index (χ1) is 15.0. The third-order valence-electron chi connectivity index (χ3n) is 6.65. The van der Waals surface area contributed by atoms with Gasteiger partial charge in [-0.05, 0) is 41.8 Å². The number of imide groups is 1. The van der Waals surface area contributed by atoms with Crippen molar-refractivity contribution in [1.82, 2.24) is 19.7 Å². The molecular formula is C23H26N4O4. The molecule has 2 amide bonds. The molecule has 2 aromatic rings. The standard InChI is InChI=1S/C23H26N4O4/c1-31-19-4-2-16(3-5-19)12-26-21(29)20-10-18(28)13-27(20)23(22(26)30)14-25(15-23)11-17-6-8-24-9-7-17/h2-9,18,20,28H,10-15H2,1H3/t18-,20+/m1/s1. The number of pyridine rings is 1. The molecule has 5 rings (SSSR count). The Labute approximate surface area is 181 Å². The van der Waals surface area contributed by atoms with Crippen molar-refractivity contribution < 1.29 is 19.4 Å². The van der Waals surface area contributed by atoms with Crippen molar-refractivity contribution in [3.05, 3.63) is 59.9 Å². The van der Waals surface area contributed by atoms with Crippen LogP contribution in [0.1, 0.15) is 17.5 Å². The van der Waals surface area contributed by atoms with Gasteiger partial charge in [0, 0.05) is 38.6 Å². The molecule has 4 heterocycles. The van der Waals surface area contributed by atoms with Crippen LogP contribution in [-0.4, -0.2) is 81.0 Å². The number of ether oxygens (including phenoxy) is 1. The third kappa shape index (κ3) is 3.40. The molecule has 1 aromatic carbocycles. The second-order valence-corrected chi connectivity index (χ2v) is 8.67. The number of aliphatic hydroxyl groups excluding tert-OH is 1. The molecule has 162 valence electrons. The fourth-order valence-corrected chi connectivity index (χ4v) is 5.11. The van der Waals surface area contributed by atoms with Gasteiger partial charge in [0.1, 0.15) is 11.3 Å². The number of aliphatic hydroxyl groups is 1. The van der Waals surface area contributed by atoms with E-state index in [1.54, 1.807) is 19.5 Å². The number of carbonyl (C=O) groups excluding carboxylic acids is 2. The summed E-state index contributed by atoms with van der Waals surface area (Å²) in [7, 11) is 1.60. The van der Waals surface area contributed by atoms with E-state index in [2.05, 4.69) is 9.88 Å². The first-order valence-electron chi connectivity index (χ1n) is 10.5. The summed E-state index contributed by atoms with van der Waals surface area (Å²) in [5.74, 6) is 0.354. The first kappa shape index (κ1) is 20.1. The van der Waals surface area contributed by atoms with Crippen molar-refractivity contribution >= 4 is 11.8 Å². The SMILES string of the molecule is COc1ccc(CN2C(=O)[C@@H]3C[C@@H](O)CN3C3(CN(Cc4ccncc4)C3)C2=O)cc1. The van der Waals surface area contributed by atoms with Crippen molar-refractivity contribution in [3.8, 4) is 5.75 Å². The van der Waals surface area contributed by atoms with Crippen LogP contribution < -0.4 is 4.74 Å². The van der Waals surface area contributed by atoms with Crippen LogP contribution in [0, 0.1) is 0 Å². The first-order valence-corrected chi connectivity index (χ1v) is 10.5. The molecule has 1 N–H and O–H groups in total. The highest BCUT2D eigenvalue weighted by Crippen LogP contribution is 2.41. The number of fused-ring (bicyclic) bond motifs is 2. The summed E-state index contributed by atoms with van der Waals surface area (Å²) in [4.78, 5) is 36.4. The molecule has 0 radical (unpaired) electrons. The van der Waals surface area contributed by atoms with Crippen molar-refractivity contribution in [2.24, 2.45) is 0 Å². The molecule has 3 fully saturated rings. The minimum atomic E-state index is -0.754. The minimum Gasteiger partial charge on any atom is -0.497 e. The zero-order valence-electron chi connectivity index (χ0n) is 17.5. The molecule has 1 spiro atoms. The maximum Gasteiger partial charge on any atom is 0.252 e. The lowest BCUT2D eigenvalue weighted by molar-refractivity contribution is -0.181. The fourth-order valence-electron chi connectivity index (χ4n) is 5.11. The van der Waals surface area contributed by atoms with Crippen LogP contribution in [0.4, 0.5) is 0 Å². The van der Waals surface area contributed by atoms with Gasteiger partial charge in [-0.2, -0.15) is 0 Å². The number of benzene rings is 1. The van der Waals surface area contributed by atoms with Crippen molar-refractivity contribution in [1.29, 1.82) is 0 Å². The molecule has 1 aromatic heterocycles. The van der Waals surface area contributed by atoms with Gasteiger partial charge in [-0.1, -0.05) is 12.1 Å². The van der Waals surface area contributed by atoms with Crippen LogP contribution in [0.25, 0.3) is 0 Å². The Kier molecular flexibility index (Phi) is 5.00. The molecule has 2 atom stereocenters. The number of β-amino-alcohol motifs (C(OH)–C–C–N with tert-alkyl or cyclic N) is 1. The van der Waals surface area contributed by atoms with Gasteiger partial charge in [0.05, 0.1) is 25.8 Å². The average Bonchev–Trinajstić information content (AvgIpc) is 3.16. The van der Waals surface area contributed by atoms with Crippen molar-refractivity contribution in [2.75, 3.05) is 26.7 Å². The lowest BCUT2D eigenvalue weighted by Gasteiger charge is -2.58. The van der Waals surface area contributed by atoms with E-state index < -0.39 is 17.7 Å². The van der Waals surface area contributed by atoms with Gasteiger partial charge in [0.15, 0.2) is 0 Å². The molecule has 0 saturated carbocycles. The Hall–Kier alpha value is -2.81. The van der Waals surface area contributed by atoms with E-state index >= 15 is 0 Å². The van der Waals surface area contributed by atoms with E-state index in [1.807, 2.05) is 41.3 Å². The summed E-state index contributed by atoms with van der Waals surface area (Å²) in [5, 5.41) is 10.3. The maximum absolute atomic E-state index is 13.6. The van der Waals surface area contributed by atoms with Gasteiger partial charge in [0.25, 0.3) is 5.91 Å². The van der Waals surface area contributed by atoms with Gasteiger partial charge in [-0.25, -0.2) is 0 Å². The van der Waals surface area contributed by atoms with Gasteiger partial charge in [0.2, 0.25) is 5.91 Å². The Balaban J connectivity index is 1.38. The number of likely N-dealkylation sites (tertiary alicyclic amines) is 1. The Bertz CT molecular complexity index is 975. The second-order valence-electron chi connectivity index (χ2n) is 8.67. The average molecular weight is 422 g/mol. The predicted octanol–water partition coefficient (Wildman–Crippen LogP) is 0.649. The number of piperazine rings is 1. The predicted molar refractivity (Wildman–Crippen MR) is 112 cm³/mol. The summed E-state index contributed by atoms with van der Waals surface area (Å²) >= 11 is 0. The largest absolute Gasteiger partial charge is 0.497 e. The van der Waals surface area contributed by atoms with Crippen molar-refractivity contribution in [2.45, 2.75) is 37.2 Å². The summed E-state index contributed by atoms with van der Waals surface area (Å²) in [6, 6.07) is 10.9. The summed E-state index contributed by atoms with van der Waals surface area (Å²) < 4.78 is 5.20. The van der Waals surface area contributed by atoms with Crippen LogP contribution in [0.2, 0.25) is 0 Å². The highest BCUT2D eigenvalue weighted by molar-refractivity contribution is 6.06. The van der Waals surface area contributed by atoms with Gasteiger partial charge in [-0.15, -0.1) is 0 Å². The zero-order valence-corrected chi connectivity index (χ0v) is 17.5. The number of amides is 2. The normalized spacial score (nSPS) is 25.5. The van der Waals surface area contributed by atoms with Crippen LogP contribution in [0.15, 0.2) is 48.8 Å². The number of carbonyl (C=O) groups is 2. The number of nitrogens with zero attached hydrogens (tertiary/aromatic N) is 4. The van der Waals surface area contributed by atoms with Crippen LogP contribution in [0.5, 0.6) is 5.75 Å². The summed E-state index contributed by atoms with van der Waals surface area (Å²) in [5.41, 5.74) is 1.25. The monoisotopic (exact) mass is 422 g/mol. The van der Waals surface area contributed by atoms with Gasteiger partial charge >= 0.3 is 0 Å². The van der Waals surface area contributed by atoms with E-state index in [4.69, 9.17) is 4.74 Å². The van der Waals surface area contributed by atoms with E-state index in [0.717, 1.165) is 23.4 Å². The van der Waals surface area contributed by atoms with E-state index in [0.29, 0.717) is 26.1 Å². The summed E-state index contributed by atoms with van der Waals surface area (Å²) in [6.45, 7) is 2.41. The Morgan fingerprint density at radius 1 is 1.06 bits per heavy atom. The van der Waals surface area contributed by atoms with Crippen LogP contribution >= 0.6 is 0 Å². The molecular weight excluding hydrogens is 396 g/mol. The molecule has 0 unspecified atom stereocenters. The molecule has 3 saturated heterocycles. The number of aromatic nitrogens is 1. The quantitative estimate of drug-likeness (QED) is 0.708. The van der Waals surface area contributed by atoms with Crippen LogP contribution in [0.3, 0.4) is 0 Å². The maximum atomic E-state index is 13.6. The van der Waals surface area contributed by atoms with E-state index in [-0.39, 0.29) is 18.4 Å². The number of hydrogen-bond donors (Lipinski definition) is 1. The van der Waals surface area contributed by atoms with Gasteiger partial charge in [-0.3, -0.25) is 29.3 Å². The molecule has 0 aliphatic carbocycles. The number of rotatable bonds is 5. The lowest BCUT2D eigenvalue weighted by atomic mass is 9.82. The second kappa shape index (κ2) is 7.71. The summed E-state index contributed by atoms with van der Waals surface area (Å²) in [6.07, 6.45) is 3.31.